The molecule has 0 fully saturated rings. The fourth-order valence-corrected chi connectivity index (χ4v) is 1.12. The molecule has 0 saturated heterocycles. The van der Waals surface area contributed by atoms with Gasteiger partial charge in [-0.2, -0.15) is 0 Å². The molecule has 0 aromatic heterocycles. The van der Waals surface area contributed by atoms with Gasteiger partial charge in [0.25, 0.3) is 0 Å². The Morgan fingerprint density at radius 1 is 1.59 bits per heavy atom. The summed E-state index contributed by atoms with van der Waals surface area (Å²) < 4.78 is 5.11. The highest BCUT2D eigenvalue weighted by molar-refractivity contribution is 5.95. The molecule has 1 aromatic carbocycles. The van der Waals surface area contributed by atoms with Crippen molar-refractivity contribution in [3.8, 4) is 0 Å². The molecule has 1 aromatic rings. The quantitative estimate of drug-likeness (QED) is 0.549. The molecular weight excluding hydrogens is 244 g/mol. The van der Waals surface area contributed by atoms with Gasteiger partial charge in [0.15, 0.2) is 6.10 Å². The number of amidine groups is 1. The number of nitrogen functional groups attached to an aromatic ring is 1. The van der Waals surface area contributed by atoms with Crippen LogP contribution in [0.25, 0.3) is 0 Å². The number of carboxylic acid groups (broad SMARTS) is 1. The van der Waals surface area contributed by atoms with E-state index in [9.17, 15) is 4.79 Å². The SMILES string of the molecule is CC(OCc1cccc(C(=N)N)c1)C(=O)O.Cl. The van der Waals surface area contributed by atoms with Crippen LogP contribution >= 0.6 is 12.4 Å². The third kappa shape index (κ3) is 4.84. The maximum atomic E-state index is 10.5. The van der Waals surface area contributed by atoms with Crippen molar-refractivity contribution in [3.63, 3.8) is 0 Å². The fraction of sp³-hybridized carbons (Fsp3) is 0.273. The van der Waals surface area contributed by atoms with Crippen molar-refractivity contribution in [2.45, 2.75) is 19.6 Å². The van der Waals surface area contributed by atoms with Gasteiger partial charge < -0.3 is 15.6 Å². The molecule has 4 N–H and O–H groups in total. The fourth-order valence-electron chi connectivity index (χ4n) is 1.12. The minimum absolute atomic E-state index is 0. The molecule has 5 nitrogen and oxygen atoms in total. The van der Waals surface area contributed by atoms with E-state index in [-0.39, 0.29) is 24.8 Å². The van der Waals surface area contributed by atoms with Crippen LogP contribution in [-0.4, -0.2) is 23.0 Å². The normalized spacial score (nSPS) is 11.4. The first-order valence-corrected chi connectivity index (χ1v) is 4.78. The Labute approximate surface area is 106 Å². The van der Waals surface area contributed by atoms with Crippen LogP contribution in [0.4, 0.5) is 0 Å². The molecule has 0 radical (unpaired) electrons. The number of carbonyl (C=O) groups is 1. The number of hydrogen-bond acceptors (Lipinski definition) is 3. The Balaban J connectivity index is 0.00000256. The van der Waals surface area contributed by atoms with Crippen LogP contribution in [0, 0.1) is 5.41 Å². The van der Waals surface area contributed by atoms with Crippen LogP contribution in [0.1, 0.15) is 18.1 Å². The molecular formula is C11H15ClN2O3. The number of carboxylic acids is 1. The first-order chi connectivity index (χ1) is 7.50. The molecule has 6 heteroatoms. The monoisotopic (exact) mass is 258 g/mol. The van der Waals surface area contributed by atoms with E-state index < -0.39 is 12.1 Å². The topological polar surface area (TPSA) is 96.4 Å². The van der Waals surface area contributed by atoms with Gasteiger partial charge in [-0.25, -0.2) is 4.79 Å². The van der Waals surface area contributed by atoms with Gasteiger partial charge >= 0.3 is 5.97 Å². The first kappa shape index (κ1) is 15.4. The van der Waals surface area contributed by atoms with Crippen molar-refractivity contribution < 1.29 is 14.6 Å². The summed E-state index contributed by atoms with van der Waals surface area (Å²) in [7, 11) is 0. The van der Waals surface area contributed by atoms with Gasteiger partial charge in [-0.3, -0.25) is 5.41 Å². The number of halogens is 1. The molecule has 0 heterocycles. The van der Waals surface area contributed by atoms with E-state index in [1.54, 1.807) is 24.3 Å². The van der Waals surface area contributed by atoms with E-state index in [1.807, 2.05) is 0 Å². The Morgan fingerprint density at radius 2 is 2.24 bits per heavy atom. The minimum atomic E-state index is -0.997. The van der Waals surface area contributed by atoms with E-state index in [0.29, 0.717) is 5.56 Å². The molecule has 0 amide bonds. The summed E-state index contributed by atoms with van der Waals surface area (Å²) in [5, 5.41) is 15.9. The Kier molecular flexibility index (Phi) is 6.23. The predicted octanol–water partition coefficient (Wildman–Crippen LogP) is 1.38. The van der Waals surface area contributed by atoms with Crippen molar-refractivity contribution >= 4 is 24.2 Å². The van der Waals surface area contributed by atoms with Crippen LogP contribution in [0.15, 0.2) is 24.3 Å². The molecule has 0 bridgehead atoms. The number of nitrogens with one attached hydrogen (secondary N) is 1. The Hall–Kier alpha value is -1.59. The van der Waals surface area contributed by atoms with Crippen molar-refractivity contribution in [3.05, 3.63) is 35.4 Å². The molecule has 94 valence electrons. The first-order valence-electron chi connectivity index (χ1n) is 4.78. The minimum Gasteiger partial charge on any atom is -0.479 e. The molecule has 1 atom stereocenters. The second-order valence-electron chi connectivity index (χ2n) is 3.41. The summed E-state index contributed by atoms with van der Waals surface area (Å²) in [4.78, 5) is 10.5. The lowest BCUT2D eigenvalue weighted by Gasteiger charge is -2.09. The highest BCUT2D eigenvalue weighted by Gasteiger charge is 2.10. The summed E-state index contributed by atoms with van der Waals surface area (Å²) in [6.07, 6.45) is -0.846. The van der Waals surface area contributed by atoms with Crippen molar-refractivity contribution in [2.75, 3.05) is 0 Å². The van der Waals surface area contributed by atoms with Gasteiger partial charge in [0.05, 0.1) is 6.61 Å². The van der Waals surface area contributed by atoms with Crippen LogP contribution in [0.5, 0.6) is 0 Å². The van der Waals surface area contributed by atoms with E-state index in [0.717, 1.165) is 5.56 Å². The number of rotatable bonds is 5. The zero-order valence-electron chi connectivity index (χ0n) is 9.34. The second kappa shape index (κ2) is 6.88. The van der Waals surface area contributed by atoms with Gasteiger partial charge in [-0.15, -0.1) is 12.4 Å². The summed E-state index contributed by atoms with van der Waals surface area (Å²) in [5.74, 6) is -1.02. The Morgan fingerprint density at radius 3 is 2.76 bits per heavy atom. The highest BCUT2D eigenvalue weighted by atomic mass is 35.5. The smallest absolute Gasteiger partial charge is 0.332 e. The number of ether oxygens (including phenoxy) is 1. The Bertz CT molecular complexity index is 409. The van der Waals surface area contributed by atoms with Crippen molar-refractivity contribution in [1.29, 1.82) is 5.41 Å². The maximum absolute atomic E-state index is 10.5. The second-order valence-corrected chi connectivity index (χ2v) is 3.41. The molecule has 0 aliphatic heterocycles. The molecule has 17 heavy (non-hydrogen) atoms. The van der Waals surface area contributed by atoms with Crippen LogP contribution < -0.4 is 5.73 Å². The molecule has 0 saturated carbocycles. The number of hydrogen-bond donors (Lipinski definition) is 3. The molecule has 1 rings (SSSR count). The zero-order valence-corrected chi connectivity index (χ0v) is 10.2. The number of nitrogens with two attached hydrogens (primary N) is 1. The van der Waals surface area contributed by atoms with Gasteiger partial charge in [-0.05, 0) is 18.6 Å². The molecule has 1 unspecified atom stereocenters. The lowest BCUT2D eigenvalue weighted by Crippen LogP contribution is -2.19. The summed E-state index contributed by atoms with van der Waals surface area (Å²) in [6.45, 7) is 1.66. The maximum Gasteiger partial charge on any atom is 0.332 e. The van der Waals surface area contributed by atoms with E-state index in [2.05, 4.69) is 0 Å². The van der Waals surface area contributed by atoms with Gasteiger partial charge in [0.2, 0.25) is 0 Å². The standard InChI is InChI=1S/C11H14N2O3.ClH/c1-7(11(14)15)16-6-8-3-2-4-9(5-8)10(12)13;/h2-5,7H,6H2,1H3,(H3,12,13)(H,14,15);1H. The largest absolute Gasteiger partial charge is 0.479 e. The zero-order chi connectivity index (χ0) is 12.1. The predicted molar refractivity (Wildman–Crippen MR) is 66.6 cm³/mol. The molecule has 0 spiro atoms. The third-order valence-electron chi connectivity index (χ3n) is 2.09. The molecule has 0 aliphatic rings. The third-order valence-corrected chi connectivity index (χ3v) is 2.09. The average Bonchev–Trinajstić information content (AvgIpc) is 2.26. The van der Waals surface area contributed by atoms with Crippen LogP contribution in [0.2, 0.25) is 0 Å². The van der Waals surface area contributed by atoms with Gasteiger partial charge in [0.1, 0.15) is 5.84 Å². The lowest BCUT2D eigenvalue weighted by molar-refractivity contribution is -0.149. The average molecular weight is 259 g/mol. The summed E-state index contributed by atoms with van der Waals surface area (Å²) in [5.41, 5.74) is 6.73. The van der Waals surface area contributed by atoms with Gasteiger partial charge in [0, 0.05) is 5.56 Å². The summed E-state index contributed by atoms with van der Waals surface area (Å²) in [6, 6.07) is 6.96. The lowest BCUT2D eigenvalue weighted by atomic mass is 10.1. The number of aliphatic carboxylic acids is 1. The van der Waals surface area contributed by atoms with E-state index in [1.165, 1.54) is 6.92 Å². The van der Waals surface area contributed by atoms with Crippen molar-refractivity contribution in [1.82, 2.24) is 0 Å². The molecule has 0 aliphatic carbocycles. The van der Waals surface area contributed by atoms with Crippen LogP contribution in [0.3, 0.4) is 0 Å². The summed E-state index contributed by atoms with van der Waals surface area (Å²) >= 11 is 0. The van der Waals surface area contributed by atoms with Crippen LogP contribution in [-0.2, 0) is 16.1 Å². The van der Waals surface area contributed by atoms with Crippen molar-refractivity contribution in [2.24, 2.45) is 5.73 Å². The van der Waals surface area contributed by atoms with E-state index in [4.69, 9.17) is 21.0 Å². The highest BCUT2D eigenvalue weighted by Crippen LogP contribution is 2.07. The van der Waals surface area contributed by atoms with E-state index >= 15 is 0 Å². The van der Waals surface area contributed by atoms with Gasteiger partial charge in [-0.1, -0.05) is 18.2 Å². The number of benzene rings is 1.